The molecule has 1 heterocycles. The number of esters is 2. The van der Waals surface area contributed by atoms with Crippen LogP contribution < -0.4 is 9.47 Å². The van der Waals surface area contributed by atoms with Crippen molar-refractivity contribution in [2.45, 2.75) is 0 Å². The molecule has 0 radical (unpaired) electrons. The first-order valence-corrected chi connectivity index (χ1v) is 11.0. The van der Waals surface area contributed by atoms with E-state index in [9.17, 15) is 9.59 Å². The lowest BCUT2D eigenvalue weighted by atomic mass is 10.1. The van der Waals surface area contributed by atoms with Gasteiger partial charge in [-0.15, -0.1) is 0 Å². The zero-order chi connectivity index (χ0) is 22.7. The van der Waals surface area contributed by atoms with Gasteiger partial charge in [0.1, 0.15) is 11.5 Å². The number of methoxy groups -OCH3 is 1. The number of halogens is 2. The van der Waals surface area contributed by atoms with Gasteiger partial charge in [-0.2, -0.15) is 0 Å². The molecule has 1 aliphatic rings. The summed E-state index contributed by atoms with van der Waals surface area (Å²) in [5.74, 6) is -0.0511. The lowest BCUT2D eigenvalue weighted by molar-refractivity contribution is -0.129. The normalized spacial score (nSPS) is 14.2. The van der Waals surface area contributed by atoms with Crippen molar-refractivity contribution in [3.63, 3.8) is 0 Å². The summed E-state index contributed by atoms with van der Waals surface area (Å²) >= 11 is 6.74. The van der Waals surface area contributed by atoms with E-state index in [1.165, 1.54) is 6.08 Å². The summed E-state index contributed by atoms with van der Waals surface area (Å²) in [7, 11) is 1.55. The van der Waals surface area contributed by atoms with Crippen molar-refractivity contribution in [2.24, 2.45) is 4.99 Å². The quantitative estimate of drug-likeness (QED) is 0.226. The van der Waals surface area contributed by atoms with E-state index >= 15 is 0 Å². The van der Waals surface area contributed by atoms with Crippen LogP contribution >= 0.6 is 31.9 Å². The van der Waals surface area contributed by atoms with E-state index in [2.05, 4.69) is 36.9 Å². The van der Waals surface area contributed by atoms with Crippen LogP contribution in [0.2, 0.25) is 0 Å². The Morgan fingerprint density at radius 1 is 1.00 bits per heavy atom. The largest absolute Gasteiger partial charge is 0.497 e. The molecule has 0 spiro atoms. The van der Waals surface area contributed by atoms with Gasteiger partial charge < -0.3 is 14.2 Å². The monoisotopic (exact) mass is 555 g/mol. The van der Waals surface area contributed by atoms with Gasteiger partial charge >= 0.3 is 11.9 Å². The molecule has 0 unspecified atom stereocenters. The molecule has 0 fully saturated rings. The summed E-state index contributed by atoms with van der Waals surface area (Å²) in [5, 5.41) is 0. The van der Waals surface area contributed by atoms with Crippen LogP contribution in [0, 0.1) is 0 Å². The van der Waals surface area contributed by atoms with E-state index in [0.29, 0.717) is 22.4 Å². The van der Waals surface area contributed by atoms with Gasteiger partial charge in [0.25, 0.3) is 0 Å². The molecule has 0 atom stereocenters. The zero-order valence-electron chi connectivity index (χ0n) is 16.7. The predicted octanol–water partition coefficient (Wildman–Crippen LogP) is 5.78. The molecule has 6 nitrogen and oxygen atoms in total. The summed E-state index contributed by atoms with van der Waals surface area (Å²) in [6, 6.07) is 19.0. The molecular weight excluding hydrogens is 542 g/mol. The van der Waals surface area contributed by atoms with E-state index in [-0.39, 0.29) is 17.3 Å². The number of cyclic esters (lactones) is 1. The maximum Gasteiger partial charge on any atom is 0.363 e. The van der Waals surface area contributed by atoms with Crippen molar-refractivity contribution in [2.75, 3.05) is 7.11 Å². The summed E-state index contributed by atoms with van der Waals surface area (Å²) in [4.78, 5) is 29.3. The molecule has 0 aromatic heterocycles. The summed E-state index contributed by atoms with van der Waals surface area (Å²) in [6.45, 7) is 0. The second-order valence-electron chi connectivity index (χ2n) is 6.65. The molecular formula is C24H15Br2NO5. The van der Waals surface area contributed by atoms with Crippen molar-refractivity contribution in [1.82, 2.24) is 0 Å². The molecule has 0 saturated heterocycles. The molecule has 0 saturated carbocycles. The van der Waals surface area contributed by atoms with Crippen LogP contribution in [0.3, 0.4) is 0 Å². The minimum absolute atomic E-state index is 0.0851. The Morgan fingerprint density at radius 3 is 2.50 bits per heavy atom. The van der Waals surface area contributed by atoms with Gasteiger partial charge in [-0.3, -0.25) is 0 Å². The molecule has 8 heteroatoms. The Labute approximate surface area is 200 Å². The predicted molar refractivity (Wildman–Crippen MR) is 127 cm³/mol. The van der Waals surface area contributed by atoms with Crippen LogP contribution in [0.1, 0.15) is 21.5 Å². The lowest BCUT2D eigenvalue weighted by Gasteiger charge is -2.08. The van der Waals surface area contributed by atoms with Crippen LogP contribution in [0.15, 0.2) is 86.4 Å². The molecule has 0 bridgehead atoms. The van der Waals surface area contributed by atoms with Crippen LogP contribution in [-0.4, -0.2) is 24.9 Å². The van der Waals surface area contributed by atoms with Gasteiger partial charge in [0.15, 0.2) is 5.70 Å². The minimum Gasteiger partial charge on any atom is -0.497 e. The van der Waals surface area contributed by atoms with Gasteiger partial charge in [-0.05, 0) is 66.7 Å². The topological polar surface area (TPSA) is 74.2 Å². The fraction of sp³-hybridized carbons (Fsp3) is 0.0417. The molecule has 3 aromatic carbocycles. The average Bonchev–Trinajstić information content (AvgIpc) is 3.16. The fourth-order valence-electron chi connectivity index (χ4n) is 2.91. The Hall–Kier alpha value is -3.23. The Bertz CT molecular complexity index is 1270. The van der Waals surface area contributed by atoms with Gasteiger partial charge in [0.2, 0.25) is 5.90 Å². The number of nitrogens with zero attached hydrogens (tertiary/aromatic N) is 1. The number of aliphatic imine (C=N–C) groups is 1. The number of carbonyl (C=O) groups is 2. The molecule has 0 amide bonds. The fourth-order valence-corrected chi connectivity index (χ4v) is 3.55. The maximum atomic E-state index is 12.6. The first-order chi connectivity index (χ1) is 15.4. The van der Waals surface area contributed by atoms with Crippen LogP contribution in [0.5, 0.6) is 11.5 Å². The first kappa shape index (κ1) is 22.0. The van der Waals surface area contributed by atoms with Crippen molar-refractivity contribution in [3.8, 4) is 11.5 Å². The lowest BCUT2D eigenvalue weighted by Crippen LogP contribution is -2.09. The molecule has 3 aromatic rings. The number of hydrogen-bond donors (Lipinski definition) is 0. The number of ether oxygens (including phenoxy) is 3. The van der Waals surface area contributed by atoms with E-state index in [1.807, 2.05) is 0 Å². The number of hydrogen-bond acceptors (Lipinski definition) is 6. The highest BCUT2D eigenvalue weighted by atomic mass is 79.9. The Morgan fingerprint density at radius 2 is 1.75 bits per heavy atom. The van der Waals surface area contributed by atoms with Crippen molar-refractivity contribution >= 4 is 55.8 Å². The molecule has 1 aliphatic heterocycles. The van der Waals surface area contributed by atoms with E-state index in [4.69, 9.17) is 14.2 Å². The summed E-state index contributed by atoms with van der Waals surface area (Å²) in [5.41, 5.74) is 1.58. The second-order valence-corrected chi connectivity index (χ2v) is 8.48. The van der Waals surface area contributed by atoms with Crippen LogP contribution in [0.4, 0.5) is 0 Å². The van der Waals surface area contributed by atoms with Crippen LogP contribution in [-0.2, 0) is 9.53 Å². The van der Waals surface area contributed by atoms with Gasteiger partial charge in [0.05, 0.1) is 12.7 Å². The summed E-state index contributed by atoms with van der Waals surface area (Å²) < 4.78 is 17.7. The van der Waals surface area contributed by atoms with Crippen molar-refractivity contribution in [3.05, 3.63) is 98.1 Å². The van der Waals surface area contributed by atoms with Crippen LogP contribution in [0.25, 0.3) is 6.08 Å². The smallest absolute Gasteiger partial charge is 0.363 e. The maximum absolute atomic E-state index is 12.6. The SMILES string of the molecule is COc1cccc(C2=N/C(=C\c3cc(Br)ccc3OC(=O)c3ccc(Br)cc3)C(=O)O2)c1. The third-order valence-corrected chi connectivity index (χ3v) is 5.51. The highest BCUT2D eigenvalue weighted by molar-refractivity contribution is 9.10. The van der Waals surface area contributed by atoms with Gasteiger partial charge in [0, 0.05) is 20.1 Å². The van der Waals surface area contributed by atoms with E-state index in [0.717, 1.165) is 8.95 Å². The summed E-state index contributed by atoms with van der Waals surface area (Å²) in [6.07, 6.45) is 1.52. The highest BCUT2D eigenvalue weighted by Crippen LogP contribution is 2.29. The van der Waals surface area contributed by atoms with E-state index in [1.54, 1.807) is 73.8 Å². The van der Waals surface area contributed by atoms with Crippen molar-refractivity contribution in [1.29, 1.82) is 0 Å². The number of carbonyl (C=O) groups excluding carboxylic acids is 2. The zero-order valence-corrected chi connectivity index (χ0v) is 19.8. The first-order valence-electron chi connectivity index (χ1n) is 9.37. The Kier molecular flexibility index (Phi) is 6.53. The molecule has 0 aliphatic carbocycles. The molecule has 0 N–H and O–H groups in total. The van der Waals surface area contributed by atoms with Gasteiger partial charge in [-0.25, -0.2) is 14.6 Å². The standard InChI is InChI=1S/C24H15Br2NO5/c1-30-19-4-2-3-15(12-19)22-27-20(24(29)32-22)13-16-11-18(26)9-10-21(16)31-23(28)14-5-7-17(25)8-6-14/h2-13H,1H3/b20-13-. The Balaban J connectivity index is 1.65. The average molecular weight is 557 g/mol. The van der Waals surface area contributed by atoms with E-state index < -0.39 is 11.9 Å². The van der Waals surface area contributed by atoms with Gasteiger partial charge in [-0.1, -0.05) is 37.9 Å². The second kappa shape index (κ2) is 9.50. The molecule has 160 valence electrons. The molecule has 32 heavy (non-hydrogen) atoms. The third-order valence-electron chi connectivity index (χ3n) is 4.48. The third kappa shape index (κ3) is 4.98. The molecule has 4 rings (SSSR count). The number of benzene rings is 3. The minimum atomic E-state index is -0.604. The highest BCUT2D eigenvalue weighted by Gasteiger charge is 2.25. The number of rotatable bonds is 5. The van der Waals surface area contributed by atoms with Crippen molar-refractivity contribution < 1.29 is 23.8 Å².